The Labute approximate surface area is 110 Å². The summed E-state index contributed by atoms with van der Waals surface area (Å²) >= 11 is 1.11. The Morgan fingerprint density at radius 3 is 2.33 bits per heavy atom. The summed E-state index contributed by atoms with van der Waals surface area (Å²) in [7, 11) is 0. The van der Waals surface area contributed by atoms with E-state index in [0.717, 1.165) is 11.3 Å². The Hall–Kier alpha value is -1.63. The Morgan fingerprint density at radius 2 is 1.89 bits per heavy atom. The third-order valence-corrected chi connectivity index (χ3v) is 3.18. The van der Waals surface area contributed by atoms with Crippen molar-refractivity contribution in [3.63, 3.8) is 0 Å². The maximum absolute atomic E-state index is 11.9. The fraction of sp³-hybridized carbons (Fsp3) is 0.545. The van der Waals surface area contributed by atoms with Gasteiger partial charge in [0.25, 0.3) is 5.91 Å². The molecule has 1 rings (SSSR count). The molecule has 1 atom stereocenters. The van der Waals surface area contributed by atoms with Crippen LogP contribution in [0.1, 0.15) is 36.1 Å². The number of nitrogens with two attached hydrogens (primary N) is 1. The Kier molecular flexibility index (Phi) is 4.66. The summed E-state index contributed by atoms with van der Waals surface area (Å²) < 4.78 is 0. The first-order valence-corrected chi connectivity index (χ1v) is 6.47. The average molecular weight is 270 g/mol. The van der Waals surface area contributed by atoms with Gasteiger partial charge in [-0.05, 0) is 27.7 Å². The molecular weight excluding hydrogens is 252 g/mol. The molecular formula is C11H18N4O2S. The van der Waals surface area contributed by atoms with Crippen LogP contribution < -0.4 is 16.4 Å². The molecule has 1 aromatic heterocycles. The molecule has 0 saturated heterocycles. The van der Waals surface area contributed by atoms with Crippen LogP contribution in [0.15, 0.2) is 0 Å². The van der Waals surface area contributed by atoms with E-state index in [1.54, 1.807) is 13.8 Å². The fourth-order valence-corrected chi connectivity index (χ4v) is 2.10. The number of hydrogen-bond acceptors (Lipinski definition) is 5. The van der Waals surface area contributed by atoms with Gasteiger partial charge in [0.2, 0.25) is 5.91 Å². The summed E-state index contributed by atoms with van der Waals surface area (Å²) in [5.74, 6) is -0.540. The van der Waals surface area contributed by atoms with Gasteiger partial charge < -0.3 is 16.4 Å². The number of nitrogens with zero attached hydrogens (tertiary/aromatic N) is 1. The fourth-order valence-electron chi connectivity index (χ4n) is 1.37. The van der Waals surface area contributed by atoms with E-state index in [2.05, 4.69) is 15.6 Å². The molecule has 0 bridgehead atoms. The van der Waals surface area contributed by atoms with Crippen LogP contribution in [0.3, 0.4) is 0 Å². The van der Waals surface area contributed by atoms with Gasteiger partial charge in [0.05, 0.1) is 5.69 Å². The van der Waals surface area contributed by atoms with E-state index < -0.39 is 6.04 Å². The topological polar surface area (TPSA) is 97.1 Å². The Balaban J connectivity index is 2.65. The van der Waals surface area contributed by atoms with Crippen molar-refractivity contribution in [2.75, 3.05) is 5.73 Å². The van der Waals surface area contributed by atoms with Gasteiger partial charge in [0.1, 0.15) is 10.9 Å². The molecule has 100 valence electrons. The number of rotatable bonds is 4. The van der Waals surface area contributed by atoms with Crippen molar-refractivity contribution in [2.45, 2.75) is 39.8 Å². The number of aromatic nitrogens is 1. The first-order valence-electron chi connectivity index (χ1n) is 5.65. The summed E-state index contributed by atoms with van der Waals surface area (Å²) in [5.41, 5.74) is 6.10. The van der Waals surface area contributed by atoms with Crippen LogP contribution >= 0.6 is 11.3 Å². The number of nitrogens with one attached hydrogen (secondary N) is 2. The molecule has 7 heteroatoms. The SMILES string of the molecule is Cc1nc(N)sc1C(=O)NC(C)C(=O)NC(C)C. The van der Waals surface area contributed by atoms with E-state index in [9.17, 15) is 9.59 Å². The van der Waals surface area contributed by atoms with Crippen molar-refractivity contribution >= 4 is 28.3 Å². The summed E-state index contributed by atoms with van der Waals surface area (Å²) in [5, 5.41) is 5.69. The first-order chi connectivity index (χ1) is 8.31. The summed E-state index contributed by atoms with van der Waals surface area (Å²) in [6.07, 6.45) is 0. The minimum atomic E-state index is -0.595. The van der Waals surface area contributed by atoms with Crippen molar-refractivity contribution < 1.29 is 9.59 Å². The van der Waals surface area contributed by atoms with Gasteiger partial charge in [-0.2, -0.15) is 0 Å². The minimum absolute atomic E-state index is 0.0395. The molecule has 0 spiro atoms. The highest BCUT2D eigenvalue weighted by atomic mass is 32.1. The van der Waals surface area contributed by atoms with Crippen molar-refractivity contribution in [2.24, 2.45) is 0 Å². The zero-order valence-corrected chi connectivity index (χ0v) is 11.7. The number of thiazole rings is 1. The molecule has 0 aliphatic heterocycles. The van der Waals surface area contributed by atoms with Gasteiger partial charge in [-0.25, -0.2) is 4.98 Å². The van der Waals surface area contributed by atoms with E-state index >= 15 is 0 Å². The van der Waals surface area contributed by atoms with Gasteiger partial charge >= 0.3 is 0 Å². The standard InChI is InChI=1S/C11H18N4O2S/c1-5(2)13-9(16)7(4)14-10(17)8-6(3)15-11(12)18-8/h5,7H,1-4H3,(H2,12,15)(H,13,16)(H,14,17). The molecule has 1 heterocycles. The second kappa shape index (κ2) is 5.81. The van der Waals surface area contributed by atoms with Crippen LogP contribution in [0.25, 0.3) is 0 Å². The third kappa shape index (κ3) is 3.69. The normalized spacial score (nSPS) is 12.3. The highest BCUT2D eigenvalue weighted by Gasteiger charge is 2.20. The molecule has 6 nitrogen and oxygen atoms in total. The van der Waals surface area contributed by atoms with Crippen LogP contribution in [-0.2, 0) is 4.79 Å². The lowest BCUT2D eigenvalue weighted by molar-refractivity contribution is -0.123. The quantitative estimate of drug-likeness (QED) is 0.749. The van der Waals surface area contributed by atoms with Gasteiger partial charge in [-0.1, -0.05) is 11.3 Å². The number of carbonyl (C=O) groups is 2. The Morgan fingerprint density at radius 1 is 1.28 bits per heavy atom. The molecule has 0 radical (unpaired) electrons. The third-order valence-electron chi connectivity index (χ3n) is 2.19. The molecule has 0 fully saturated rings. The van der Waals surface area contributed by atoms with Crippen molar-refractivity contribution in [1.82, 2.24) is 15.6 Å². The smallest absolute Gasteiger partial charge is 0.263 e. The molecule has 0 aliphatic rings. The van der Waals surface area contributed by atoms with E-state index in [-0.39, 0.29) is 17.9 Å². The minimum Gasteiger partial charge on any atom is -0.375 e. The highest BCUT2D eigenvalue weighted by Crippen LogP contribution is 2.19. The van der Waals surface area contributed by atoms with Gasteiger partial charge in [0, 0.05) is 6.04 Å². The monoisotopic (exact) mass is 270 g/mol. The van der Waals surface area contributed by atoms with E-state index in [4.69, 9.17) is 5.73 Å². The number of amides is 2. The molecule has 0 aromatic carbocycles. The van der Waals surface area contributed by atoms with Crippen LogP contribution in [0.4, 0.5) is 5.13 Å². The maximum atomic E-state index is 11.9. The van der Waals surface area contributed by atoms with Gasteiger partial charge in [-0.15, -0.1) is 0 Å². The summed E-state index contributed by atoms with van der Waals surface area (Å²) in [6.45, 7) is 7.07. The average Bonchev–Trinajstić information content (AvgIpc) is 2.56. The second-order valence-corrected chi connectivity index (χ2v) is 5.36. The lowest BCUT2D eigenvalue weighted by Gasteiger charge is -2.15. The summed E-state index contributed by atoms with van der Waals surface area (Å²) in [4.78, 5) is 28.0. The number of nitrogen functional groups attached to an aromatic ring is 1. The number of carbonyl (C=O) groups excluding carboxylic acids is 2. The lowest BCUT2D eigenvalue weighted by Crippen LogP contribution is -2.46. The molecule has 1 aromatic rings. The largest absolute Gasteiger partial charge is 0.375 e. The van der Waals surface area contributed by atoms with Crippen LogP contribution in [-0.4, -0.2) is 28.9 Å². The zero-order chi connectivity index (χ0) is 13.9. The molecule has 0 saturated carbocycles. The first kappa shape index (κ1) is 14.4. The number of hydrogen-bond donors (Lipinski definition) is 3. The van der Waals surface area contributed by atoms with E-state index in [1.807, 2.05) is 13.8 Å². The highest BCUT2D eigenvalue weighted by molar-refractivity contribution is 7.17. The molecule has 0 aliphatic carbocycles. The maximum Gasteiger partial charge on any atom is 0.263 e. The molecule has 18 heavy (non-hydrogen) atoms. The predicted octanol–water partition coefficient (Wildman–Crippen LogP) is 0.677. The molecule has 1 unspecified atom stereocenters. The molecule has 4 N–H and O–H groups in total. The number of aryl methyl sites for hydroxylation is 1. The summed E-state index contributed by atoms with van der Waals surface area (Å²) in [6, 6.07) is -0.555. The van der Waals surface area contributed by atoms with Crippen molar-refractivity contribution in [1.29, 1.82) is 0 Å². The van der Waals surface area contributed by atoms with Crippen LogP contribution in [0.2, 0.25) is 0 Å². The Bertz CT molecular complexity index is 456. The zero-order valence-electron chi connectivity index (χ0n) is 10.9. The van der Waals surface area contributed by atoms with Crippen molar-refractivity contribution in [3.05, 3.63) is 10.6 Å². The van der Waals surface area contributed by atoms with Crippen molar-refractivity contribution in [3.8, 4) is 0 Å². The molecule has 2 amide bonds. The lowest BCUT2D eigenvalue weighted by atomic mass is 10.2. The second-order valence-electron chi connectivity index (χ2n) is 4.33. The van der Waals surface area contributed by atoms with E-state index in [1.165, 1.54) is 0 Å². The van der Waals surface area contributed by atoms with Gasteiger partial charge in [0.15, 0.2) is 5.13 Å². The van der Waals surface area contributed by atoms with Crippen LogP contribution in [0, 0.1) is 6.92 Å². The van der Waals surface area contributed by atoms with Gasteiger partial charge in [-0.3, -0.25) is 9.59 Å². The number of anilines is 1. The predicted molar refractivity (Wildman–Crippen MR) is 71.5 cm³/mol. The van der Waals surface area contributed by atoms with E-state index in [0.29, 0.717) is 15.7 Å². The van der Waals surface area contributed by atoms with Crippen LogP contribution in [0.5, 0.6) is 0 Å².